The topological polar surface area (TPSA) is 315 Å². The van der Waals surface area contributed by atoms with Gasteiger partial charge in [-0.15, -0.1) is 0 Å². The van der Waals surface area contributed by atoms with E-state index in [9.17, 15) is 57.1 Å². The van der Waals surface area contributed by atoms with Crippen molar-refractivity contribution in [2.24, 2.45) is 11.8 Å². The molecule has 0 saturated carbocycles. The van der Waals surface area contributed by atoms with Crippen molar-refractivity contribution in [3.05, 3.63) is 0 Å². The molecule has 3 fully saturated rings. The molecule has 43 heavy (non-hydrogen) atoms. The van der Waals surface area contributed by atoms with Gasteiger partial charge >= 0.3 is 20.8 Å². The van der Waals surface area contributed by atoms with E-state index in [4.69, 9.17) is 28.2 Å². The summed E-state index contributed by atoms with van der Waals surface area (Å²) in [7, 11) is -10.3. The van der Waals surface area contributed by atoms with E-state index in [1.165, 1.54) is 13.8 Å². The zero-order valence-electron chi connectivity index (χ0n) is 22.8. The average molecular weight is 675 g/mol. The Morgan fingerprint density at radius 1 is 0.581 bits per heavy atom. The average Bonchev–Trinajstić information content (AvgIpc) is 2.90. The van der Waals surface area contributed by atoms with Crippen molar-refractivity contribution in [1.29, 1.82) is 0 Å². The molecule has 3 aliphatic rings. The monoisotopic (exact) mass is 674 g/mol. The molecule has 0 radical (unpaired) electrons. The number of aliphatic hydroxyl groups excluding tert-OH is 7. The van der Waals surface area contributed by atoms with Crippen molar-refractivity contribution in [3.63, 3.8) is 0 Å². The predicted molar refractivity (Wildman–Crippen MR) is 133 cm³/mol. The fraction of sp³-hybridized carbons (Fsp3) is 1.00. The second-order valence-electron chi connectivity index (χ2n) is 10.4. The van der Waals surface area contributed by atoms with Crippen LogP contribution in [0.15, 0.2) is 0 Å². The summed E-state index contributed by atoms with van der Waals surface area (Å²) in [6, 6.07) is 0. The van der Waals surface area contributed by atoms with Crippen LogP contribution >= 0.6 is 0 Å². The Labute approximate surface area is 246 Å². The number of aliphatic hydroxyl groups is 7. The zero-order chi connectivity index (χ0) is 32.4. The third-order valence-corrected chi connectivity index (χ3v) is 8.42. The molecule has 0 amide bonds. The Balaban J connectivity index is 1.73. The quantitative estimate of drug-likeness (QED) is 0.0873. The molecule has 3 saturated heterocycles. The predicted octanol–water partition coefficient (Wildman–Crippen LogP) is -5.33. The van der Waals surface area contributed by atoms with Crippen LogP contribution in [0.4, 0.5) is 0 Å². The normalized spacial score (nSPS) is 44.8. The number of rotatable bonds is 12. The Morgan fingerprint density at radius 3 is 1.47 bits per heavy atom. The van der Waals surface area contributed by atoms with Gasteiger partial charge in [0.2, 0.25) is 0 Å². The SMILES string of the molecule is CC1O[C@@H](OC[C@@H]2C(C)O[C@@H](OCC3C(O)[C@H](CO)OC(CO)[C@@H]3O)C(O)C2OS(=O)(=O)O)C(O)C(OS(=O)(=O)O)[C@@H]1O. The number of ether oxygens (including phenoxy) is 5. The maximum atomic E-state index is 11.6. The summed E-state index contributed by atoms with van der Waals surface area (Å²) < 4.78 is 100. The first kappa shape index (κ1) is 36.7. The van der Waals surface area contributed by atoms with E-state index in [1.807, 2.05) is 0 Å². The lowest BCUT2D eigenvalue weighted by atomic mass is 9.86. The van der Waals surface area contributed by atoms with Gasteiger partial charge in [0.15, 0.2) is 12.6 Å². The summed E-state index contributed by atoms with van der Waals surface area (Å²) in [5.74, 6) is -2.43. The van der Waals surface area contributed by atoms with E-state index in [0.29, 0.717) is 0 Å². The Morgan fingerprint density at radius 2 is 1.00 bits per heavy atom. The number of hydrogen-bond donors (Lipinski definition) is 9. The standard InChI is InChI=1S/C21H38O20S2/c1-7-9(5-35-21-17(28)19(41-43(32,33)34)13(24)8(2)38-21)18(40-42(29,30)31)16(27)20(37-7)36-6-10-14(25)11(3-22)39-12(4-23)15(10)26/h7-28H,3-6H2,1-2H3,(H,29,30,31)(H,32,33,34)/t7?,8?,9-,10?,11+,12?,13-,14?,15-,16?,17?,18?,19?,20-,21-/m1/s1. The molecule has 0 aromatic carbocycles. The van der Waals surface area contributed by atoms with E-state index >= 15 is 0 Å². The molecular formula is C21H38O20S2. The van der Waals surface area contributed by atoms with Crippen molar-refractivity contribution in [1.82, 2.24) is 0 Å². The van der Waals surface area contributed by atoms with Crippen LogP contribution in [0.3, 0.4) is 0 Å². The lowest BCUT2D eigenvalue weighted by Gasteiger charge is -2.45. The summed E-state index contributed by atoms with van der Waals surface area (Å²) in [6.07, 6.45) is -20.5. The smallest absolute Gasteiger partial charge is 0.394 e. The van der Waals surface area contributed by atoms with Crippen molar-refractivity contribution in [2.75, 3.05) is 26.4 Å². The molecule has 3 rings (SSSR count). The minimum absolute atomic E-state index is 0.551. The van der Waals surface area contributed by atoms with Crippen LogP contribution < -0.4 is 0 Å². The minimum Gasteiger partial charge on any atom is -0.394 e. The van der Waals surface area contributed by atoms with E-state index in [1.54, 1.807) is 0 Å². The summed E-state index contributed by atoms with van der Waals surface area (Å²) in [4.78, 5) is 0. The maximum absolute atomic E-state index is 11.6. The van der Waals surface area contributed by atoms with Crippen LogP contribution in [-0.4, -0.2) is 168 Å². The van der Waals surface area contributed by atoms with Crippen LogP contribution in [0.5, 0.6) is 0 Å². The third-order valence-electron chi connectivity index (χ3n) is 7.49. The maximum Gasteiger partial charge on any atom is 0.397 e. The first-order valence-corrected chi connectivity index (χ1v) is 15.7. The molecule has 0 aliphatic carbocycles. The van der Waals surface area contributed by atoms with Crippen LogP contribution in [0.25, 0.3) is 0 Å². The Bertz CT molecular complexity index is 1090. The molecule has 15 atom stereocenters. The van der Waals surface area contributed by atoms with Crippen molar-refractivity contribution in [2.45, 2.75) is 93.6 Å². The molecule has 9 unspecified atom stereocenters. The Kier molecular flexibility index (Phi) is 12.6. The third kappa shape index (κ3) is 9.17. The van der Waals surface area contributed by atoms with Gasteiger partial charge in [-0.25, -0.2) is 8.37 Å². The molecule has 0 aromatic rings. The summed E-state index contributed by atoms with van der Waals surface area (Å²) in [5, 5.41) is 71.4. The van der Waals surface area contributed by atoms with Gasteiger partial charge in [-0.1, -0.05) is 0 Å². The first-order chi connectivity index (χ1) is 19.9. The second-order valence-corrected chi connectivity index (χ2v) is 12.5. The van der Waals surface area contributed by atoms with E-state index in [0.717, 1.165) is 0 Å². The van der Waals surface area contributed by atoms with Crippen LogP contribution in [-0.2, 0) is 52.8 Å². The van der Waals surface area contributed by atoms with E-state index < -0.39 is 139 Å². The van der Waals surface area contributed by atoms with Gasteiger partial charge in [0.1, 0.15) is 42.7 Å². The fourth-order valence-corrected chi connectivity index (χ4v) is 6.19. The van der Waals surface area contributed by atoms with Gasteiger partial charge in [0.25, 0.3) is 0 Å². The lowest BCUT2D eigenvalue weighted by molar-refractivity contribution is -0.316. The molecule has 0 bridgehead atoms. The highest BCUT2D eigenvalue weighted by Gasteiger charge is 2.51. The summed E-state index contributed by atoms with van der Waals surface area (Å²) in [6.45, 7) is 0.130. The molecule has 0 spiro atoms. The largest absolute Gasteiger partial charge is 0.397 e. The second kappa shape index (κ2) is 14.8. The molecular weight excluding hydrogens is 636 g/mol. The lowest BCUT2D eigenvalue weighted by Crippen LogP contribution is -2.61. The van der Waals surface area contributed by atoms with Crippen molar-refractivity contribution in [3.8, 4) is 0 Å². The first-order valence-electron chi connectivity index (χ1n) is 13.0. The number of hydrogen-bond acceptors (Lipinski definition) is 18. The van der Waals surface area contributed by atoms with Crippen LogP contribution in [0.2, 0.25) is 0 Å². The molecule has 9 N–H and O–H groups in total. The van der Waals surface area contributed by atoms with Gasteiger partial charge in [0.05, 0.1) is 50.8 Å². The minimum atomic E-state index is -5.22. The fourth-order valence-electron chi connectivity index (χ4n) is 5.14. The van der Waals surface area contributed by atoms with Gasteiger partial charge in [-0.3, -0.25) is 9.11 Å². The van der Waals surface area contributed by atoms with Gasteiger partial charge in [0, 0.05) is 11.8 Å². The zero-order valence-corrected chi connectivity index (χ0v) is 24.5. The van der Waals surface area contributed by atoms with Gasteiger partial charge < -0.3 is 59.4 Å². The Hall–Kier alpha value is -0.740. The highest BCUT2D eigenvalue weighted by Crippen LogP contribution is 2.34. The van der Waals surface area contributed by atoms with E-state index in [-0.39, 0.29) is 0 Å². The summed E-state index contributed by atoms with van der Waals surface area (Å²) >= 11 is 0. The molecule has 3 heterocycles. The molecule has 254 valence electrons. The van der Waals surface area contributed by atoms with Gasteiger partial charge in [-0.2, -0.15) is 16.8 Å². The van der Waals surface area contributed by atoms with E-state index in [2.05, 4.69) is 8.37 Å². The van der Waals surface area contributed by atoms with Crippen molar-refractivity contribution >= 4 is 20.8 Å². The van der Waals surface area contributed by atoms with Crippen LogP contribution in [0.1, 0.15) is 13.8 Å². The molecule has 3 aliphatic heterocycles. The highest BCUT2D eigenvalue weighted by atomic mass is 32.3. The van der Waals surface area contributed by atoms with Crippen LogP contribution in [0, 0.1) is 11.8 Å². The summed E-state index contributed by atoms with van der Waals surface area (Å²) in [5.41, 5.74) is 0. The molecule has 22 heteroatoms. The molecule has 0 aromatic heterocycles. The van der Waals surface area contributed by atoms with Crippen molar-refractivity contribution < 1.29 is 93.7 Å². The highest BCUT2D eigenvalue weighted by molar-refractivity contribution is 7.81. The van der Waals surface area contributed by atoms with Gasteiger partial charge in [-0.05, 0) is 13.8 Å². The molecule has 20 nitrogen and oxygen atoms in total.